The fraction of sp³-hybridized carbons (Fsp3) is 0.429. The lowest BCUT2D eigenvalue weighted by Gasteiger charge is -2.18. The summed E-state index contributed by atoms with van der Waals surface area (Å²) in [4.78, 5) is 11.3. The highest BCUT2D eigenvalue weighted by Crippen LogP contribution is 2.41. The monoisotopic (exact) mass is 323 g/mol. The van der Waals surface area contributed by atoms with Crippen LogP contribution in [0.4, 0.5) is 4.39 Å². The first kappa shape index (κ1) is 16.6. The zero-order valence-corrected chi connectivity index (χ0v) is 14.0. The molecule has 0 saturated heterocycles. The number of carbonyl (C=O) groups excluding carboxylic acids is 1. The normalized spacial score (nSPS) is 24.5. The van der Waals surface area contributed by atoms with Crippen LogP contribution in [0.25, 0.3) is 0 Å². The lowest BCUT2D eigenvalue weighted by molar-refractivity contribution is -0.113. The van der Waals surface area contributed by atoms with Crippen molar-refractivity contribution in [3.8, 4) is 6.07 Å². The molecule has 124 valence electrons. The van der Waals surface area contributed by atoms with Gasteiger partial charge in [0, 0.05) is 6.42 Å². The van der Waals surface area contributed by atoms with Gasteiger partial charge in [-0.2, -0.15) is 5.26 Å². The number of ketones is 1. The number of allylic oxidation sites excluding steroid dienone is 4. The molecular weight excluding hydrogens is 301 g/mol. The van der Waals surface area contributed by atoms with Crippen molar-refractivity contribution in [1.82, 2.24) is 0 Å². The Balaban J connectivity index is 1.60. The Morgan fingerprint density at radius 3 is 2.88 bits per heavy atom. The van der Waals surface area contributed by atoms with E-state index in [-0.39, 0.29) is 11.3 Å². The molecule has 2 aliphatic rings. The molecule has 0 bridgehead atoms. The minimum Gasteiger partial charge on any atom is -0.295 e. The highest BCUT2D eigenvalue weighted by Gasteiger charge is 2.28. The smallest absolute Gasteiger partial charge is 0.159 e. The van der Waals surface area contributed by atoms with Crippen molar-refractivity contribution in [3.63, 3.8) is 0 Å². The third-order valence-corrected chi connectivity index (χ3v) is 5.38. The number of hydrogen-bond donors (Lipinski definition) is 0. The van der Waals surface area contributed by atoms with Crippen molar-refractivity contribution < 1.29 is 9.18 Å². The van der Waals surface area contributed by atoms with Crippen LogP contribution in [-0.2, 0) is 4.79 Å². The molecule has 1 aromatic carbocycles. The second-order valence-electron chi connectivity index (χ2n) is 7.07. The van der Waals surface area contributed by atoms with Gasteiger partial charge in [-0.15, -0.1) is 0 Å². The molecule has 0 heterocycles. The van der Waals surface area contributed by atoms with Crippen molar-refractivity contribution in [3.05, 3.63) is 58.9 Å². The maximum Gasteiger partial charge on any atom is 0.159 e. The molecule has 24 heavy (non-hydrogen) atoms. The number of rotatable bonds is 4. The molecule has 1 aromatic rings. The molecule has 3 atom stereocenters. The van der Waals surface area contributed by atoms with Crippen LogP contribution in [0.2, 0.25) is 0 Å². The Labute approximate surface area is 142 Å². The van der Waals surface area contributed by atoms with Gasteiger partial charge in [0.1, 0.15) is 11.9 Å². The number of halogens is 1. The predicted molar refractivity (Wildman–Crippen MR) is 91.8 cm³/mol. The standard InChI is InChI=1S/C21H22FNO/c1-14(17-6-9-21(22)19(12-17)13-23)10-15-2-3-18(11-15)16-4-7-20(24)8-5-16/h4-7,9,12,14-15,18H,2-3,8,10-11H2,1H3/t14-,15?,18-/m0/s1. The van der Waals surface area contributed by atoms with Crippen molar-refractivity contribution in [2.24, 2.45) is 11.8 Å². The molecule has 3 rings (SSSR count). The second kappa shape index (κ2) is 7.13. The molecule has 2 aliphatic carbocycles. The molecule has 1 unspecified atom stereocenters. The van der Waals surface area contributed by atoms with E-state index in [1.807, 2.05) is 12.1 Å². The average Bonchev–Trinajstić information content (AvgIpc) is 3.04. The molecular formula is C21H22FNO. The van der Waals surface area contributed by atoms with E-state index >= 15 is 0 Å². The molecule has 0 N–H and O–H groups in total. The van der Waals surface area contributed by atoms with Crippen molar-refractivity contribution in [2.75, 3.05) is 0 Å². The van der Waals surface area contributed by atoms with E-state index in [2.05, 4.69) is 13.0 Å². The summed E-state index contributed by atoms with van der Waals surface area (Å²) >= 11 is 0. The first-order valence-electron chi connectivity index (χ1n) is 8.67. The number of nitriles is 1. The minimum absolute atomic E-state index is 0.130. The molecule has 2 nitrogen and oxygen atoms in total. The zero-order chi connectivity index (χ0) is 17.1. The maximum absolute atomic E-state index is 13.5. The second-order valence-corrected chi connectivity index (χ2v) is 7.07. The minimum atomic E-state index is -0.444. The molecule has 0 amide bonds. The van der Waals surface area contributed by atoms with Gasteiger partial charge in [-0.05, 0) is 72.8 Å². The summed E-state index contributed by atoms with van der Waals surface area (Å²) in [6.07, 6.45) is 10.9. The largest absolute Gasteiger partial charge is 0.295 e. The molecule has 0 spiro atoms. The van der Waals surface area contributed by atoms with Crippen LogP contribution in [0.5, 0.6) is 0 Å². The van der Waals surface area contributed by atoms with E-state index in [0.29, 0.717) is 24.2 Å². The fourth-order valence-corrected chi connectivity index (χ4v) is 4.01. The molecule has 0 aliphatic heterocycles. The van der Waals surface area contributed by atoms with Crippen LogP contribution in [0, 0.1) is 29.0 Å². The van der Waals surface area contributed by atoms with Crippen LogP contribution in [-0.4, -0.2) is 5.78 Å². The lowest BCUT2D eigenvalue weighted by Crippen LogP contribution is -2.06. The van der Waals surface area contributed by atoms with Gasteiger partial charge in [0.05, 0.1) is 5.56 Å². The summed E-state index contributed by atoms with van der Waals surface area (Å²) in [7, 11) is 0. The number of carbonyl (C=O) groups is 1. The van der Waals surface area contributed by atoms with E-state index in [0.717, 1.165) is 18.4 Å². The van der Waals surface area contributed by atoms with Crippen molar-refractivity contribution in [2.45, 2.75) is 44.9 Å². The number of nitrogens with zero attached hydrogens (tertiary/aromatic N) is 1. The van der Waals surface area contributed by atoms with Crippen LogP contribution < -0.4 is 0 Å². The van der Waals surface area contributed by atoms with Gasteiger partial charge in [-0.1, -0.05) is 25.1 Å². The van der Waals surface area contributed by atoms with Gasteiger partial charge < -0.3 is 0 Å². The van der Waals surface area contributed by atoms with Crippen LogP contribution in [0.1, 0.15) is 56.1 Å². The van der Waals surface area contributed by atoms with E-state index in [1.54, 1.807) is 18.2 Å². The zero-order valence-electron chi connectivity index (χ0n) is 14.0. The van der Waals surface area contributed by atoms with Gasteiger partial charge in [-0.25, -0.2) is 4.39 Å². The quantitative estimate of drug-likeness (QED) is 0.777. The predicted octanol–water partition coefficient (Wildman–Crippen LogP) is 5.06. The Bertz CT molecular complexity index is 741. The molecule has 1 fully saturated rings. The summed E-state index contributed by atoms with van der Waals surface area (Å²) in [5.41, 5.74) is 2.49. The molecule has 0 aromatic heterocycles. The molecule has 3 heteroatoms. The summed E-state index contributed by atoms with van der Waals surface area (Å²) < 4.78 is 13.5. The van der Waals surface area contributed by atoms with Crippen LogP contribution in [0.15, 0.2) is 42.0 Å². The van der Waals surface area contributed by atoms with Gasteiger partial charge in [0.25, 0.3) is 0 Å². The summed E-state index contributed by atoms with van der Waals surface area (Å²) in [6, 6.07) is 6.80. The Morgan fingerprint density at radius 2 is 2.17 bits per heavy atom. The van der Waals surface area contributed by atoms with Crippen LogP contribution >= 0.6 is 0 Å². The fourth-order valence-electron chi connectivity index (χ4n) is 4.01. The Morgan fingerprint density at radius 1 is 1.33 bits per heavy atom. The highest BCUT2D eigenvalue weighted by molar-refractivity contribution is 5.92. The maximum atomic E-state index is 13.5. The van der Waals surface area contributed by atoms with Crippen molar-refractivity contribution in [1.29, 1.82) is 5.26 Å². The summed E-state index contributed by atoms with van der Waals surface area (Å²) in [5.74, 6) is 1.27. The molecule has 0 radical (unpaired) electrons. The third kappa shape index (κ3) is 3.64. The summed E-state index contributed by atoms with van der Waals surface area (Å²) in [5, 5.41) is 8.98. The lowest BCUT2D eigenvalue weighted by atomic mass is 9.86. The number of hydrogen-bond acceptors (Lipinski definition) is 2. The van der Waals surface area contributed by atoms with Gasteiger partial charge in [-0.3, -0.25) is 4.79 Å². The van der Waals surface area contributed by atoms with Crippen LogP contribution in [0.3, 0.4) is 0 Å². The Hall–Kier alpha value is -2.21. The Kier molecular flexibility index (Phi) is 4.94. The van der Waals surface area contributed by atoms with E-state index in [4.69, 9.17) is 5.26 Å². The first-order valence-corrected chi connectivity index (χ1v) is 8.67. The van der Waals surface area contributed by atoms with E-state index in [9.17, 15) is 9.18 Å². The summed E-state index contributed by atoms with van der Waals surface area (Å²) in [6.45, 7) is 2.15. The highest BCUT2D eigenvalue weighted by atomic mass is 19.1. The van der Waals surface area contributed by atoms with E-state index in [1.165, 1.54) is 24.5 Å². The van der Waals surface area contributed by atoms with Gasteiger partial charge in [0.2, 0.25) is 0 Å². The SMILES string of the molecule is C[C@@H](CC1CC[C@H](C2=CCC(=O)C=C2)C1)c1ccc(F)c(C#N)c1. The van der Waals surface area contributed by atoms with Gasteiger partial charge in [0.15, 0.2) is 5.78 Å². The average molecular weight is 323 g/mol. The number of benzene rings is 1. The van der Waals surface area contributed by atoms with Gasteiger partial charge >= 0.3 is 0 Å². The van der Waals surface area contributed by atoms with Crippen molar-refractivity contribution >= 4 is 5.78 Å². The topological polar surface area (TPSA) is 40.9 Å². The first-order chi connectivity index (χ1) is 11.6. The third-order valence-electron chi connectivity index (χ3n) is 5.38. The molecule has 1 saturated carbocycles. The van der Waals surface area contributed by atoms with E-state index < -0.39 is 5.82 Å².